The molecule has 0 fully saturated rings. The van der Waals surface area contributed by atoms with Gasteiger partial charge >= 0.3 is 11.9 Å². The Morgan fingerprint density at radius 3 is 2.44 bits per heavy atom. The van der Waals surface area contributed by atoms with Crippen LogP contribution < -0.4 is 0 Å². The molecule has 1 aromatic carbocycles. The van der Waals surface area contributed by atoms with Gasteiger partial charge in [-0.05, 0) is 30.7 Å². The smallest absolute Gasteiger partial charge is 0.338 e. The highest BCUT2D eigenvalue weighted by molar-refractivity contribution is 6.17. The number of carbonyl (C=O) groups is 2. The SMILES string of the molecule is CCOC(=O)c1cc(CCl)cc(C(=O)O)c1. The first-order valence-electron chi connectivity index (χ1n) is 4.68. The third kappa shape index (κ3) is 2.97. The van der Waals surface area contributed by atoms with Gasteiger partial charge < -0.3 is 9.84 Å². The summed E-state index contributed by atoms with van der Waals surface area (Å²) in [6.45, 7) is 1.92. The maximum Gasteiger partial charge on any atom is 0.338 e. The number of alkyl halides is 1. The highest BCUT2D eigenvalue weighted by Gasteiger charge is 2.12. The van der Waals surface area contributed by atoms with Crippen LogP contribution >= 0.6 is 11.6 Å². The van der Waals surface area contributed by atoms with Crippen molar-refractivity contribution in [2.75, 3.05) is 6.61 Å². The molecule has 0 amide bonds. The molecule has 0 aliphatic heterocycles. The molecular formula is C11H11ClO4. The second-order valence-electron chi connectivity index (χ2n) is 3.08. The molecule has 1 rings (SSSR count). The number of carboxylic acids is 1. The third-order valence-electron chi connectivity index (χ3n) is 1.91. The number of hydrogen-bond acceptors (Lipinski definition) is 3. The second-order valence-corrected chi connectivity index (χ2v) is 3.35. The first-order valence-corrected chi connectivity index (χ1v) is 5.22. The number of ether oxygens (including phenoxy) is 1. The zero-order valence-corrected chi connectivity index (χ0v) is 9.45. The van der Waals surface area contributed by atoms with Crippen LogP contribution in [0, 0.1) is 0 Å². The molecule has 0 heterocycles. The molecule has 0 spiro atoms. The summed E-state index contributed by atoms with van der Waals surface area (Å²) in [6, 6.07) is 4.23. The van der Waals surface area contributed by atoms with Crippen LogP contribution in [0.15, 0.2) is 18.2 Å². The molecule has 86 valence electrons. The Bertz CT molecular complexity index is 414. The molecule has 0 radical (unpaired) electrons. The lowest BCUT2D eigenvalue weighted by Crippen LogP contribution is -2.07. The summed E-state index contributed by atoms with van der Waals surface area (Å²) in [6.07, 6.45) is 0. The van der Waals surface area contributed by atoms with E-state index in [0.29, 0.717) is 5.56 Å². The molecular weight excluding hydrogens is 232 g/mol. The third-order valence-corrected chi connectivity index (χ3v) is 2.21. The lowest BCUT2D eigenvalue weighted by Gasteiger charge is -2.05. The van der Waals surface area contributed by atoms with E-state index in [-0.39, 0.29) is 23.6 Å². The maximum atomic E-state index is 11.4. The maximum absolute atomic E-state index is 11.4. The van der Waals surface area contributed by atoms with Crippen LogP contribution in [-0.4, -0.2) is 23.7 Å². The first-order chi connectivity index (χ1) is 7.58. The molecule has 0 bridgehead atoms. The van der Waals surface area contributed by atoms with E-state index < -0.39 is 11.9 Å². The van der Waals surface area contributed by atoms with Crippen molar-refractivity contribution in [2.24, 2.45) is 0 Å². The summed E-state index contributed by atoms with van der Waals surface area (Å²) in [5.74, 6) is -1.50. The monoisotopic (exact) mass is 242 g/mol. The lowest BCUT2D eigenvalue weighted by atomic mass is 10.1. The molecule has 0 atom stereocenters. The van der Waals surface area contributed by atoms with Gasteiger partial charge in [0.25, 0.3) is 0 Å². The van der Waals surface area contributed by atoms with Gasteiger partial charge in [0.15, 0.2) is 0 Å². The van der Waals surface area contributed by atoms with Crippen LogP contribution in [0.2, 0.25) is 0 Å². The van der Waals surface area contributed by atoms with Gasteiger partial charge in [0.05, 0.1) is 17.7 Å². The van der Waals surface area contributed by atoms with E-state index in [1.54, 1.807) is 6.92 Å². The average Bonchev–Trinajstić information content (AvgIpc) is 2.28. The lowest BCUT2D eigenvalue weighted by molar-refractivity contribution is 0.0526. The van der Waals surface area contributed by atoms with E-state index in [1.807, 2.05) is 0 Å². The second kappa shape index (κ2) is 5.51. The van der Waals surface area contributed by atoms with Crippen molar-refractivity contribution in [3.8, 4) is 0 Å². The van der Waals surface area contributed by atoms with E-state index in [0.717, 1.165) is 0 Å². The Balaban J connectivity index is 3.13. The van der Waals surface area contributed by atoms with Crippen LogP contribution in [0.3, 0.4) is 0 Å². The van der Waals surface area contributed by atoms with E-state index in [2.05, 4.69) is 0 Å². The van der Waals surface area contributed by atoms with E-state index >= 15 is 0 Å². The Morgan fingerprint density at radius 2 is 1.94 bits per heavy atom. The van der Waals surface area contributed by atoms with Gasteiger partial charge in [-0.1, -0.05) is 0 Å². The number of rotatable bonds is 4. The van der Waals surface area contributed by atoms with Crippen molar-refractivity contribution >= 4 is 23.5 Å². The van der Waals surface area contributed by atoms with Gasteiger partial charge in [0.1, 0.15) is 0 Å². The number of esters is 1. The number of aromatic carboxylic acids is 1. The Morgan fingerprint density at radius 1 is 1.31 bits per heavy atom. The fourth-order valence-electron chi connectivity index (χ4n) is 1.22. The molecule has 16 heavy (non-hydrogen) atoms. The number of carboxylic acid groups (broad SMARTS) is 1. The number of benzene rings is 1. The normalized spacial score (nSPS) is 9.88. The number of hydrogen-bond donors (Lipinski definition) is 1. The minimum atomic E-state index is -1.10. The highest BCUT2D eigenvalue weighted by Crippen LogP contribution is 2.13. The average molecular weight is 243 g/mol. The molecule has 4 nitrogen and oxygen atoms in total. The van der Waals surface area contributed by atoms with E-state index in [1.165, 1.54) is 18.2 Å². The summed E-state index contributed by atoms with van der Waals surface area (Å²) in [5, 5.41) is 8.85. The van der Waals surface area contributed by atoms with Crippen LogP contribution in [0.4, 0.5) is 0 Å². The molecule has 0 saturated heterocycles. The van der Waals surface area contributed by atoms with Crippen molar-refractivity contribution < 1.29 is 19.4 Å². The summed E-state index contributed by atoms with van der Waals surface area (Å²) >= 11 is 5.61. The predicted octanol–water partition coefficient (Wildman–Crippen LogP) is 2.30. The predicted molar refractivity (Wildman–Crippen MR) is 58.9 cm³/mol. The Kier molecular flexibility index (Phi) is 4.31. The van der Waals surface area contributed by atoms with Crippen LogP contribution in [0.25, 0.3) is 0 Å². The van der Waals surface area contributed by atoms with Gasteiger partial charge in [0.2, 0.25) is 0 Å². The van der Waals surface area contributed by atoms with Gasteiger partial charge in [-0.15, -0.1) is 11.6 Å². The fourth-order valence-corrected chi connectivity index (χ4v) is 1.38. The minimum Gasteiger partial charge on any atom is -0.478 e. The van der Waals surface area contributed by atoms with Crippen molar-refractivity contribution in [3.05, 3.63) is 34.9 Å². The van der Waals surface area contributed by atoms with Crippen LogP contribution in [0.5, 0.6) is 0 Å². The molecule has 0 aliphatic carbocycles. The quantitative estimate of drug-likeness (QED) is 0.650. The topological polar surface area (TPSA) is 63.6 Å². The van der Waals surface area contributed by atoms with Gasteiger partial charge in [0, 0.05) is 5.88 Å². The molecule has 0 unspecified atom stereocenters. The first kappa shape index (κ1) is 12.5. The summed E-state index contributed by atoms with van der Waals surface area (Å²) in [5.41, 5.74) is 0.809. The van der Waals surface area contributed by atoms with E-state index in [9.17, 15) is 9.59 Å². The molecule has 1 aromatic rings. The minimum absolute atomic E-state index is 0.0289. The van der Waals surface area contributed by atoms with Crippen molar-refractivity contribution in [3.63, 3.8) is 0 Å². The summed E-state index contributed by atoms with van der Waals surface area (Å²) in [4.78, 5) is 22.2. The van der Waals surface area contributed by atoms with Crippen LogP contribution in [0.1, 0.15) is 33.2 Å². The molecule has 0 aromatic heterocycles. The van der Waals surface area contributed by atoms with Crippen molar-refractivity contribution in [1.29, 1.82) is 0 Å². The standard InChI is InChI=1S/C11H11ClO4/c1-2-16-11(15)9-4-7(6-12)3-8(5-9)10(13)14/h3-5H,2,6H2,1H3,(H,13,14). The zero-order valence-electron chi connectivity index (χ0n) is 8.70. The van der Waals surface area contributed by atoms with Crippen molar-refractivity contribution in [1.82, 2.24) is 0 Å². The summed E-state index contributed by atoms with van der Waals surface area (Å²) in [7, 11) is 0. The van der Waals surface area contributed by atoms with E-state index in [4.69, 9.17) is 21.4 Å². The summed E-state index contributed by atoms with van der Waals surface area (Å²) < 4.78 is 4.79. The molecule has 0 aliphatic rings. The largest absolute Gasteiger partial charge is 0.478 e. The van der Waals surface area contributed by atoms with Gasteiger partial charge in [-0.2, -0.15) is 0 Å². The molecule has 1 N–H and O–H groups in total. The Hall–Kier alpha value is -1.55. The molecule has 5 heteroatoms. The molecule has 0 saturated carbocycles. The number of carbonyl (C=O) groups excluding carboxylic acids is 1. The van der Waals surface area contributed by atoms with Gasteiger partial charge in [-0.3, -0.25) is 0 Å². The van der Waals surface area contributed by atoms with Crippen molar-refractivity contribution in [2.45, 2.75) is 12.8 Å². The van der Waals surface area contributed by atoms with Gasteiger partial charge in [-0.25, -0.2) is 9.59 Å². The Labute approximate surface area is 97.8 Å². The highest BCUT2D eigenvalue weighted by atomic mass is 35.5. The zero-order chi connectivity index (χ0) is 12.1. The number of halogens is 1. The van der Waals surface area contributed by atoms with Crippen LogP contribution in [-0.2, 0) is 10.6 Å². The fraction of sp³-hybridized carbons (Fsp3) is 0.273.